The normalized spacial score (nSPS) is 12.2. The number of nitrogens with zero attached hydrogens (tertiary/aromatic N) is 3. The van der Waals surface area contributed by atoms with E-state index in [2.05, 4.69) is 15.5 Å². The summed E-state index contributed by atoms with van der Waals surface area (Å²) in [7, 11) is 0. The predicted molar refractivity (Wildman–Crippen MR) is 68.0 cm³/mol. The van der Waals surface area contributed by atoms with Crippen molar-refractivity contribution in [2.24, 2.45) is 0 Å². The Morgan fingerprint density at radius 2 is 2.20 bits per heavy atom. The average Bonchev–Trinajstić information content (AvgIpc) is 2.82. The molecule has 2 heterocycles. The topological polar surface area (TPSA) is 106 Å². The summed E-state index contributed by atoms with van der Waals surface area (Å²) in [6, 6.07) is 5.12. The summed E-state index contributed by atoms with van der Waals surface area (Å²) in [6.07, 6.45) is 1.80. The zero-order valence-corrected chi connectivity index (χ0v) is 10.8. The first-order valence-electron chi connectivity index (χ1n) is 5.96. The van der Waals surface area contributed by atoms with Crippen LogP contribution in [0.3, 0.4) is 0 Å². The van der Waals surface area contributed by atoms with Crippen molar-refractivity contribution in [2.75, 3.05) is 13.2 Å². The maximum absolute atomic E-state index is 11.6. The summed E-state index contributed by atoms with van der Waals surface area (Å²) >= 11 is 0. The number of nitrogens with one attached hydrogen (secondary N) is 1. The Labute approximate surface area is 114 Å². The van der Waals surface area contributed by atoms with E-state index in [4.69, 9.17) is 9.84 Å². The van der Waals surface area contributed by atoms with Crippen molar-refractivity contribution in [3.05, 3.63) is 30.2 Å². The molecule has 0 spiro atoms. The Kier molecular flexibility index (Phi) is 4.26. The molecule has 8 heteroatoms. The van der Waals surface area contributed by atoms with Crippen LogP contribution in [0.2, 0.25) is 0 Å². The van der Waals surface area contributed by atoms with E-state index < -0.39 is 18.5 Å². The van der Waals surface area contributed by atoms with Gasteiger partial charge in [0.1, 0.15) is 13.2 Å². The highest BCUT2D eigenvalue weighted by Crippen LogP contribution is 2.11. The van der Waals surface area contributed by atoms with Gasteiger partial charge >= 0.3 is 5.97 Å². The van der Waals surface area contributed by atoms with Crippen LogP contribution in [-0.2, 0) is 14.3 Å². The van der Waals surface area contributed by atoms with Gasteiger partial charge < -0.3 is 15.2 Å². The first-order chi connectivity index (χ1) is 9.58. The number of aliphatic carboxylic acids is 1. The molecular weight excluding hydrogens is 264 g/mol. The van der Waals surface area contributed by atoms with E-state index in [-0.39, 0.29) is 12.6 Å². The van der Waals surface area contributed by atoms with Crippen LogP contribution in [0.25, 0.3) is 5.65 Å². The molecule has 2 rings (SSSR count). The molecule has 8 nitrogen and oxygen atoms in total. The van der Waals surface area contributed by atoms with Crippen LogP contribution in [0.5, 0.6) is 0 Å². The van der Waals surface area contributed by atoms with E-state index in [9.17, 15) is 9.59 Å². The lowest BCUT2D eigenvalue weighted by Crippen LogP contribution is -2.31. The number of pyridine rings is 1. The molecule has 0 aliphatic carbocycles. The molecule has 0 saturated carbocycles. The van der Waals surface area contributed by atoms with Gasteiger partial charge in [0.05, 0.1) is 6.04 Å². The van der Waals surface area contributed by atoms with Crippen LogP contribution in [0.4, 0.5) is 0 Å². The molecule has 1 unspecified atom stereocenters. The number of hydrogen-bond acceptors (Lipinski definition) is 5. The third kappa shape index (κ3) is 3.29. The smallest absolute Gasteiger partial charge is 0.329 e. The molecule has 2 N–H and O–H groups in total. The summed E-state index contributed by atoms with van der Waals surface area (Å²) in [6.45, 7) is 0.946. The number of carbonyl (C=O) groups is 2. The predicted octanol–water partition coefficient (Wildman–Crippen LogP) is 0.00770. The van der Waals surface area contributed by atoms with Gasteiger partial charge in [-0.3, -0.25) is 9.20 Å². The van der Waals surface area contributed by atoms with Crippen molar-refractivity contribution in [3.63, 3.8) is 0 Å². The molecule has 0 aliphatic heterocycles. The lowest BCUT2D eigenvalue weighted by Gasteiger charge is -2.12. The second-order valence-corrected chi connectivity index (χ2v) is 4.16. The Hall–Kier alpha value is -2.48. The van der Waals surface area contributed by atoms with Crippen LogP contribution in [-0.4, -0.2) is 44.8 Å². The largest absolute Gasteiger partial charge is 0.480 e. The molecule has 1 amide bonds. The van der Waals surface area contributed by atoms with Crippen molar-refractivity contribution in [1.82, 2.24) is 19.9 Å². The summed E-state index contributed by atoms with van der Waals surface area (Å²) in [5.74, 6) is -0.937. The number of carbonyl (C=O) groups excluding carboxylic acids is 1. The second-order valence-electron chi connectivity index (χ2n) is 4.16. The maximum atomic E-state index is 11.6. The SMILES string of the molecule is CC(NC(=O)COCC(=O)O)c1nnc2ccccn12. The zero-order chi connectivity index (χ0) is 14.5. The second kappa shape index (κ2) is 6.11. The van der Waals surface area contributed by atoms with Crippen molar-refractivity contribution < 1.29 is 19.4 Å². The summed E-state index contributed by atoms with van der Waals surface area (Å²) in [4.78, 5) is 21.8. The molecule has 0 fully saturated rings. The lowest BCUT2D eigenvalue weighted by molar-refractivity contribution is -0.143. The van der Waals surface area contributed by atoms with Gasteiger partial charge in [0.25, 0.3) is 0 Å². The molecule has 20 heavy (non-hydrogen) atoms. The van der Waals surface area contributed by atoms with Gasteiger partial charge in [-0.2, -0.15) is 0 Å². The first-order valence-corrected chi connectivity index (χ1v) is 5.96. The highest BCUT2D eigenvalue weighted by molar-refractivity contribution is 5.78. The fourth-order valence-corrected chi connectivity index (χ4v) is 1.73. The van der Waals surface area contributed by atoms with E-state index in [0.717, 1.165) is 0 Å². The highest BCUT2D eigenvalue weighted by atomic mass is 16.5. The molecule has 0 radical (unpaired) electrons. The molecule has 1 atom stereocenters. The number of rotatable bonds is 6. The van der Waals surface area contributed by atoms with E-state index >= 15 is 0 Å². The fourth-order valence-electron chi connectivity index (χ4n) is 1.73. The van der Waals surface area contributed by atoms with Crippen molar-refractivity contribution in [1.29, 1.82) is 0 Å². The third-order valence-corrected chi connectivity index (χ3v) is 2.56. The minimum atomic E-state index is -1.12. The summed E-state index contributed by atoms with van der Waals surface area (Å²) in [5, 5.41) is 19.1. The van der Waals surface area contributed by atoms with Crippen molar-refractivity contribution in [3.8, 4) is 0 Å². The monoisotopic (exact) mass is 278 g/mol. The van der Waals surface area contributed by atoms with E-state index in [1.807, 2.05) is 12.1 Å². The molecule has 0 aromatic carbocycles. The number of carboxylic acids is 1. The molecule has 2 aromatic rings. The summed E-state index contributed by atoms with van der Waals surface area (Å²) < 4.78 is 6.48. The number of aromatic nitrogens is 3. The molecule has 106 valence electrons. The molecular formula is C12H14N4O4. The lowest BCUT2D eigenvalue weighted by atomic mass is 10.3. The molecule has 0 saturated heterocycles. The number of amides is 1. The molecule has 2 aromatic heterocycles. The average molecular weight is 278 g/mol. The van der Waals surface area contributed by atoms with Gasteiger partial charge in [-0.25, -0.2) is 4.79 Å². The highest BCUT2D eigenvalue weighted by Gasteiger charge is 2.15. The Morgan fingerprint density at radius 3 is 2.95 bits per heavy atom. The van der Waals surface area contributed by atoms with E-state index in [1.165, 1.54) is 0 Å². The van der Waals surface area contributed by atoms with Crippen LogP contribution in [0.15, 0.2) is 24.4 Å². The molecule has 0 bridgehead atoms. The zero-order valence-electron chi connectivity index (χ0n) is 10.8. The van der Waals surface area contributed by atoms with Gasteiger partial charge in [0.15, 0.2) is 11.5 Å². The van der Waals surface area contributed by atoms with Crippen molar-refractivity contribution >= 4 is 17.5 Å². The summed E-state index contributed by atoms with van der Waals surface area (Å²) in [5.41, 5.74) is 0.686. The maximum Gasteiger partial charge on any atom is 0.329 e. The fraction of sp³-hybridized carbons (Fsp3) is 0.333. The Morgan fingerprint density at radius 1 is 1.40 bits per heavy atom. The number of hydrogen-bond donors (Lipinski definition) is 2. The standard InChI is InChI=1S/C12H14N4O4/c1-8(13-10(17)6-20-7-11(18)19)12-15-14-9-4-2-3-5-16(9)12/h2-5,8H,6-7H2,1H3,(H,13,17)(H,18,19). The number of fused-ring (bicyclic) bond motifs is 1. The minimum absolute atomic E-state index is 0.312. The van der Waals surface area contributed by atoms with Crippen LogP contribution in [0, 0.1) is 0 Å². The van der Waals surface area contributed by atoms with Crippen LogP contribution < -0.4 is 5.32 Å². The van der Waals surface area contributed by atoms with E-state index in [0.29, 0.717) is 11.5 Å². The van der Waals surface area contributed by atoms with Gasteiger partial charge in [-0.15, -0.1) is 10.2 Å². The van der Waals surface area contributed by atoms with Crippen molar-refractivity contribution in [2.45, 2.75) is 13.0 Å². The number of ether oxygens (including phenoxy) is 1. The van der Waals surface area contributed by atoms with Crippen LogP contribution >= 0.6 is 0 Å². The Bertz CT molecular complexity index is 625. The van der Waals surface area contributed by atoms with Gasteiger partial charge in [-0.1, -0.05) is 6.07 Å². The third-order valence-electron chi connectivity index (χ3n) is 2.56. The van der Waals surface area contributed by atoms with Gasteiger partial charge in [0, 0.05) is 6.20 Å². The van der Waals surface area contributed by atoms with Crippen LogP contribution in [0.1, 0.15) is 18.8 Å². The van der Waals surface area contributed by atoms with Gasteiger partial charge in [0.2, 0.25) is 5.91 Å². The molecule has 0 aliphatic rings. The quantitative estimate of drug-likeness (QED) is 0.771. The number of carboxylic acid groups (broad SMARTS) is 1. The van der Waals surface area contributed by atoms with Gasteiger partial charge in [-0.05, 0) is 19.1 Å². The van der Waals surface area contributed by atoms with E-state index in [1.54, 1.807) is 23.6 Å². The minimum Gasteiger partial charge on any atom is -0.480 e. The Balaban J connectivity index is 1.96. The first kappa shape index (κ1) is 13.9.